The van der Waals surface area contributed by atoms with Gasteiger partial charge < -0.3 is 4.74 Å². The highest BCUT2D eigenvalue weighted by Gasteiger charge is 2.35. The van der Waals surface area contributed by atoms with Crippen LogP contribution in [0.1, 0.15) is 30.4 Å². The molecule has 166 valence electrons. The van der Waals surface area contributed by atoms with Crippen LogP contribution in [-0.2, 0) is 4.74 Å². The first kappa shape index (κ1) is 22.2. The van der Waals surface area contributed by atoms with E-state index in [0.29, 0.717) is 16.0 Å². The number of imide groups is 1. The summed E-state index contributed by atoms with van der Waals surface area (Å²) in [4.78, 5) is 51.1. The molecule has 3 aromatic rings. The van der Waals surface area contributed by atoms with Gasteiger partial charge in [-0.25, -0.2) is 4.90 Å². The van der Waals surface area contributed by atoms with Gasteiger partial charge in [0.15, 0.2) is 0 Å². The number of anilines is 1. The number of rotatable bonds is 6. The lowest BCUT2D eigenvalue weighted by Crippen LogP contribution is -2.39. The molecule has 11 heteroatoms. The van der Waals surface area contributed by atoms with Crippen LogP contribution in [0.4, 0.5) is 11.4 Å². The van der Waals surface area contributed by atoms with Gasteiger partial charge in [0.1, 0.15) is 6.61 Å². The van der Waals surface area contributed by atoms with Gasteiger partial charge in [-0.1, -0.05) is 24.3 Å². The first-order chi connectivity index (χ1) is 15.9. The Kier molecular flexibility index (Phi) is 6.24. The van der Waals surface area contributed by atoms with Crippen molar-refractivity contribution in [2.24, 2.45) is 0 Å². The van der Waals surface area contributed by atoms with E-state index in [4.69, 9.17) is 17.0 Å². The average molecular weight is 482 g/mol. The molecule has 0 unspecified atom stereocenters. The van der Waals surface area contributed by atoms with E-state index in [1.54, 1.807) is 41.8 Å². The number of amides is 3. The van der Waals surface area contributed by atoms with E-state index in [1.165, 1.54) is 35.6 Å². The van der Waals surface area contributed by atoms with E-state index in [9.17, 15) is 24.5 Å². The van der Waals surface area contributed by atoms with Gasteiger partial charge in [-0.3, -0.25) is 29.4 Å². The van der Waals surface area contributed by atoms with Crippen LogP contribution in [0.5, 0.6) is 0 Å². The molecule has 1 aromatic heterocycles. The van der Waals surface area contributed by atoms with E-state index < -0.39 is 22.6 Å². The van der Waals surface area contributed by atoms with Gasteiger partial charge in [-0.15, -0.1) is 11.3 Å². The summed E-state index contributed by atoms with van der Waals surface area (Å²) in [5, 5.41) is 12.6. The van der Waals surface area contributed by atoms with E-state index in [0.717, 1.165) is 9.80 Å². The topological polar surface area (TPSA) is 110 Å². The van der Waals surface area contributed by atoms with Crippen molar-refractivity contribution < 1.29 is 24.0 Å². The van der Waals surface area contributed by atoms with Crippen LogP contribution in [0.3, 0.4) is 0 Å². The van der Waals surface area contributed by atoms with Crippen molar-refractivity contribution in [3.63, 3.8) is 0 Å². The zero-order chi connectivity index (χ0) is 23.5. The van der Waals surface area contributed by atoms with Crippen molar-refractivity contribution in [2.75, 3.05) is 18.1 Å². The van der Waals surface area contributed by atoms with E-state index >= 15 is 0 Å². The van der Waals surface area contributed by atoms with Crippen molar-refractivity contribution in [1.29, 1.82) is 0 Å². The number of ether oxygens (including phenoxy) is 1. The minimum absolute atomic E-state index is 0.0809. The Balaban J connectivity index is 1.51. The van der Waals surface area contributed by atoms with Gasteiger partial charge in [0, 0.05) is 12.1 Å². The number of hydrogen-bond acceptors (Lipinski definition) is 8. The summed E-state index contributed by atoms with van der Waals surface area (Å²) >= 11 is 6.50. The lowest BCUT2D eigenvalue weighted by atomic mass is 10.1. The summed E-state index contributed by atoms with van der Waals surface area (Å²) in [6.07, 6.45) is 0. The maximum absolute atomic E-state index is 13.1. The lowest BCUT2D eigenvalue weighted by molar-refractivity contribution is -0.384. The third-order valence-corrected chi connectivity index (χ3v) is 5.99. The van der Waals surface area contributed by atoms with Gasteiger partial charge in [0.2, 0.25) is 0 Å². The Morgan fingerprint density at radius 3 is 2.36 bits per heavy atom. The standard InChI is InChI=1S/C22H15N3O6S2/c26-19-16-7-1-2-8-17(16)20(27)23(19)10-11-31-22(32)24(21(28)18-9-4-12-33-18)14-5-3-6-15(13-14)25(29)30/h1-9,12-13H,10-11H2. The van der Waals surface area contributed by atoms with Gasteiger partial charge >= 0.3 is 0 Å². The maximum Gasteiger partial charge on any atom is 0.275 e. The quantitative estimate of drug-likeness (QED) is 0.227. The maximum atomic E-state index is 13.1. The van der Waals surface area contributed by atoms with Crippen molar-refractivity contribution in [3.8, 4) is 0 Å². The molecule has 1 aliphatic rings. The number of nitro groups is 1. The summed E-state index contributed by atoms with van der Waals surface area (Å²) in [5.74, 6) is -1.39. The number of nitro benzene ring substituents is 1. The van der Waals surface area contributed by atoms with Crippen LogP contribution in [0.2, 0.25) is 0 Å². The molecule has 33 heavy (non-hydrogen) atoms. The number of hydrogen-bond donors (Lipinski definition) is 0. The molecule has 2 aromatic carbocycles. The summed E-state index contributed by atoms with van der Waals surface area (Å²) in [7, 11) is 0. The van der Waals surface area contributed by atoms with Gasteiger partial charge in [-0.2, -0.15) is 0 Å². The smallest absolute Gasteiger partial charge is 0.275 e. The molecule has 0 saturated heterocycles. The van der Waals surface area contributed by atoms with Crippen LogP contribution < -0.4 is 4.90 Å². The fraction of sp³-hybridized carbons (Fsp3) is 0.0909. The molecule has 0 atom stereocenters. The van der Waals surface area contributed by atoms with Crippen molar-refractivity contribution in [3.05, 3.63) is 92.2 Å². The molecule has 0 bridgehead atoms. The van der Waals surface area contributed by atoms with Crippen molar-refractivity contribution in [2.45, 2.75) is 0 Å². The van der Waals surface area contributed by atoms with Crippen LogP contribution in [0, 0.1) is 10.1 Å². The molecule has 0 fully saturated rings. The molecule has 0 radical (unpaired) electrons. The normalized spacial score (nSPS) is 12.4. The van der Waals surface area contributed by atoms with Gasteiger partial charge in [0.05, 0.1) is 33.2 Å². The monoisotopic (exact) mass is 481 g/mol. The minimum Gasteiger partial charge on any atom is -0.468 e. The number of nitrogens with zero attached hydrogens (tertiary/aromatic N) is 3. The molecular formula is C22H15N3O6S2. The fourth-order valence-corrected chi connectivity index (χ4v) is 4.22. The number of benzene rings is 2. The highest BCUT2D eigenvalue weighted by molar-refractivity contribution is 7.80. The zero-order valence-corrected chi connectivity index (χ0v) is 18.5. The first-order valence-corrected chi connectivity index (χ1v) is 10.9. The third kappa shape index (κ3) is 4.36. The molecule has 3 amide bonds. The number of non-ortho nitro benzene ring substituents is 1. The Morgan fingerprint density at radius 1 is 1.06 bits per heavy atom. The van der Waals surface area contributed by atoms with Crippen molar-refractivity contribution >= 4 is 57.8 Å². The van der Waals surface area contributed by atoms with Gasteiger partial charge in [-0.05, 0) is 41.9 Å². The summed E-state index contributed by atoms with van der Waals surface area (Å²) in [6, 6.07) is 15.2. The van der Waals surface area contributed by atoms with E-state index in [-0.39, 0.29) is 29.7 Å². The van der Waals surface area contributed by atoms with Crippen LogP contribution in [-0.4, -0.2) is 45.9 Å². The highest BCUT2D eigenvalue weighted by atomic mass is 32.1. The van der Waals surface area contributed by atoms with Crippen LogP contribution in [0.25, 0.3) is 0 Å². The number of fused-ring (bicyclic) bond motifs is 1. The Hall–Kier alpha value is -3.96. The van der Waals surface area contributed by atoms with Crippen LogP contribution >= 0.6 is 23.6 Å². The number of thiophene rings is 1. The number of carbonyl (C=O) groups excluding carboxylic acids is 3. The van der Waals surface area contributed by atoms with Gasteiger partial charge in [0.25, 0.3) is 28.6 Å². The summed E-state index contributed by atoms with van der Waals surface area (Å²) < 4.78 is 5.56. The second-order valence-corrected chi connectivity index (χ2v) is 8.11. The largest absolute Gasteiger partial charge is 0.468 e. The predicted octanol–water partition coefficient (Wildman–Crippen LogP) is 3.90. The molecule has 0 saturated carbocycles. The molecule has 0 N–H and O–H groups in total. The molecule has 4 rings (SSSR count). The average Bonchev–Trinajstić information content (AvgIpc) is 3.43. The first-order valence-electron chi connectivity index (χ1n) is 9.63. The number of thiocarbonyl (C=S) groups is 1. The summed E-state index contributed by atoms with van der Waals surface area (Å²) in [5.41, 5.74) is 0.575. The molecule has 0 spiro atoms. The van der Waals surface area contributed by atoms with Crippen molar-refractivity contribution in [1.82, 2.24) is 4.90 Å². The summed E-state index contributed by atoms with van der Waals surface area (Å²) in [6.45, 7) is -0.240. The second-order valence-electron chi connectivity index (χ2n) is 6.82. The van der Waals surface area contributed by atoms with Crippen LogP contribution in [0.15, 0.2) is 66.0 Å². The molecule has 9 nitrogen and oxygen atoms in total. The number of carbonyl (C=O) groups is 3. The van der Waals surface area contributed by atoms with E-state index in [1.807, 2.05) is 0 Å². The Bertz CT molecular complexity index is 1240. The highest BCUT2D eigenvalue weighted by Crippen LogP contribution is 2.26. The molecule has 2 heterocycles. The SMILES string of the molecule is O=C1c2ccccc2C(=O)N1CCOC(=S)N(C(=O)c1cccs1)c1cccc([N+](=O)[O-])c1. The molecule has 1 aliphatic heterocycles. The minimum atomic E-state index is -0.580. The Labute approximate surface area is 196 Å². The second kappa shape index (κ2) is 9.27. The fourth-order valence-electron chi connectivity index (χ4n) is 3.29. The predicted molar refractivity (Wildman–Crippen MR) is 125 cm³/mol. The lowest BCUT2D eigenvalue weighted by Gasteiger charge is -2.23. The molecular weight excluding hydrogens is 466 g/mol. The zero-order valence-electron chi connectivity index (χ0n) is 16.9. The molecule has 0 aliphatic carbocycles. The van der Waals surface area contributed by atoms with E-state index in [2.05, 4.69) is 0 Å². The Morgan fingerprint density at radius 2 is 1.76 bits per heavy atom. The third-order valence-electron chi connectivity index (χ3n) is 4.83.